The number of anilines is 2. The molecule has 0 bridgehead atoms. The van der Waals surface area contributed by atoms with Gasteiger partial charge in [-0.1, -0.05) is 20.8 Å². The largest absolute Gasteiger partial charge is 0.370 e. The summed E-state index contributed by atoms with van der Waals surface area (Å²) in [5.74, 6) is 3.84. The zero-order chi connectivity index (χ0) is 15.2. The SMILES string of the molecule is CCCNc1cc(NCC2CCN(C)C2)nc(C(C)C)n1. The van der Waals surface area contributed by atoms with Gasteiger partial charge in [-0.25, -0.2) is 9.97 Å². The van der Waals surface area contributed by atoms with Crippen LogP contribution in [0.15, 0.2) is 6.07 Å². The first-order valence-corrected chi connectivity index (χ1v) is 8.13. The third kappa shape index (κ3) is 4.84. The molecule has 1 aliphatic heterocycles. The van der Waals surface area contributed by atoms with Gasteiger partial charge in [-0.15, -0.1) is 0 Å². The predicted octanol–water partition coefficient (Wildman–Crippen LogP) is 2.79. The zero-order valence-electron chi connectivity index (χ0n) is 13.8. The fraction of sp³-hybridized carbons (Fsp3) is 0.750. The van der Waals surface area contributed by atoms with E-state index in [-0.39, 0.29) is 0 Å². The van der Waals surface area contributed by atoms with Crippen molar-refractivity contribution >= 4 is 11.6 Å². The maximum absolute atomic E-state index is 4.65. The average molecular weight is 291 g/mol. The molecule has 0 amide bonds. The topological polar surface area (TPSA) is 53.1 Å². The van der Waals surface area contributed by atoms with Crippen LogP contribution in [-0.2, 0) is 0 Å². The molecule has 1 saturated heterocycles. The molecule has 5 nitrogen and oxygen atoms in total. The van der Waals surface area contributed by atoms with Crippen LogP contribution in [0.25, 0.3) is 0 Å². The van der Waals surface area contributed by atoms with Crippen LogP contribution in [0, 0.1) is 5.92 Å². The van der Waals surface area contributed by atoms with E-state index in [1.165, 1.54) is 19.5 Å². The summed E-state index contributed by atoms with van der Waals surface area (Å²) in [6.07, 6.45) is 2.37. The number of nitrogens with one attached hydrogen (secondary N) is 2. The Morgan fingerprint density at radius 3 is 2.57 bits per heavy atom. The van der Waals surface area contributed by atoms with Crippen molar-refractivity contribution in [1.29, 1.82) is 0 Å². The van der Waals surface area contributed by atoms with Gasteiger partial charge in [-0.3, -0.25) is 0 Å². The van der Waals surface area contributed by atoms with Crippen molar-refractivity contribution < 1.29 is 0 Å². The van der Waals surface area contributed by atoms with Gasteiger partial charge in [0.05, 0.1) is 0 Å². The molecule has 118 valence electrons. The monoisotopic (exact) mass is 291 g/mol. The Morgan fingerprint density at radius 2 is 2.00 bits per heavy atom. The van der Waals surface area contributed by atoms with E-state index in [0.29, 0.717) is 5.92 Å². The third-order valence-corrected chi connectivity index (χ3v) is 3.88. The van der Waals surface area contributed by atoms with Gasteiger partial charge in [0.2, 0.25) is 0 Å². The molecular weight excluding hydrogens is 262 g/mol. The van der Waals surface area contributed by atoms with E-state index in [1.807, 2.05) is 6.07 Å². The molecule has 2 heterocycles. The summed E-state index contributed by atoms with van der Waals surface area (Å²) in [6.45, 7) is 10.7. The average Bonchev–Trinajstić information content (AvgIpc) is 2.88. The van der Waals surface area contributed by atoms with Crippen molar-refractivity contribution in [2.75, 3.05) is 43.9 Å². The summed E-state index contributed by atoms with van der Waals surface area (Å²) in [5, 5.41) is 6.87. The maximum Gasteiger partial charge on any atom is 0.135 e. The highest BCUT2D eigenvalue weighted by Crippen LogP contribution is 2.19. The van der Waals surface area contributed by atoms with Gasteiger partial charge in [0.1, 0.15) is 17.5 Å². The normalized spacial score (nSPS) is 19.2. The molecule has 1 aromatic heterocycles. The molecule has 21 heavy (non-hydrogen) atoms. The third-order valence-electron chi connectivity index (χ3n) is 3.88. The van der Waals surface area contributed by atoms with Gasteiger partial charge in [-0.2, -0.15) is 0 Å². The van der Waals surface area contributed by atoms with Crippen molar-refractivity contribution in [2.45, 2.75) is 39.5 Å². The van der Waals surface area contributed by atoms with Crippen LogP contribution in [0.3, 0.4) is 0 Å². The molecule has 5 heteroatoms. The first-order chi connectivity index (χ1) is 10.1. The number of aromatic nitrogens is 2. The first-order valence-electron chi connectivity index (χ1n) is 8.13. The highest BCUT2D eigenvalue weighted by molar-refractivity contribution is 5.47. The van der Waals surface area contributed by atoms with Gasteiger partial charge >= 0.3 is 0 Å². The molecule has 1 fully saturated rings. The number of hydrogen-bond acceptors (Lipinski definition) is 5. The number of hydrogen-bond donors (Lipinski definition) is 2. The highest BCUT2D eigenvalue weighted by Gasteiger charge is 2.19. The molecule has 1 unspecified atom stereocenters. The van der Waals surface area contributed by atoms with Crippen molar-refractivity contribution in [3.05, 3.63) is 11.9 Å². The maximum atomic E-state index is 4.65. The Morgan fingerprint density at radius 1 is 1.29 bits per heavy atom. The molecule has 0 aliphatic carbocycles. The van der Waals surface area contributed by atoms with Crippen LogP contribution in [0.5, 0.6) is 0 Å². The minimum absolute atomic E-state index is 0.339. The number of likely N-dealkylation sites (tertiary alicyclic amines) is 1. The van der Waals surface area contributed by atoms with E-state index in [2.05, 4.69) is 53.3 Å². The number of rotatable bonds is 7. The lowest BCUT2D eigenvalue weighted by molar-refractivity contribution is 0.399. The second-order valence-corrected chi connectivity index (χ2v) is 6.38. The van der Waals surface area contributed by atoms with Crippen molar-refractivity contribution in [2.24, 2.45) is 5.92 Å². The summed E-state index contributed by atoms with van der Waals surface area (Å²) >= 11 is 0. The predicted molar refractivity (Wildman–Crippen MR) is 89.0 cm³/mol. The van der Waals surface area contributed by atoms with Crippen LogP contribution in [0.4, 0.5) is 11.6 Å². The second-order valence-electron chi connectivity index (χ2n) is 6.38. The van der Waals surface area contributed by atoms with Gasteiger partial charge in [0.25, 0.3) is 0 Å². The zero-order valence-corrected chi connectivity index (χ0v) is 13.8. The Labute approximate surface area is 128 Å². The summed E-state index contributed by atoms with van der Waals surface area (Å²) in [4.78, 5) is 11.6. The minimum Gasteiger partial charge on any atom is -0.370 e. The van der Waals surface area contributed by atoms with Gasteiger partial charge in [0, 0.05) is 31.6 Å². The number of nitrogens with zero attached hydrogens (tertiary/aromatic N) is 3. The Balaban J connectivity index is 2.01. The van der Waals surface area contributed by atoms with Crippen LogP contribution in [0.1, 0.15) is 45.4 Å². The standard InChI is InChI=1S/C16H29N5/c1-5-7-17-14-9-15(20-16(19-14)12(2)3)18-10-13-6-8-21(4)11-13/h9,12-13H,5-8,10-11H2,1-4H3,(H2,17,18,19,20). The van der Waals surface area contributed by atoms with Gasteiger partial charge < -0.3 is 15.5 Å². The molecule has 2 rings (SSSR count). The van der Waals surface area contributed by atoms with E-state index < -0.39 is 0 Å². The van der Waals surface area contributed by atoms with Gasteiger partial charge in [0.15, 0.2) is 0 Å². The van der Waals surface area contributed by atoms with Crippen LogP contribution in [-0.4, -0.2) is 48.1 Å². The molecule has 0 aromatic carbocycles. The fourth-order valence-corrected chi connectivity index (χ4v) is 2.60. The van der Waals surface area contributed by atoms with E-state index in [4.69, 9.17) is 0 Å². The minimum atomic E-state index is 0.339. The van der Waals surface area contributed by atoms with Crippen molar-refractivity contribution in [3.63, 3.8) is 0 Å². The molecule has 0 spiro atoms. The Hall–Kier alpha value is -1.36. The smallest absolute Gasteiger partial charge is 0.135 e. The summed E-state index contributed by atoms with van der Waals surface area (Å²) in [5.41, 5.74) is 0. The quantitative estimate of drug-likeness (QED) is 0.809. The lowest BCUT2D eigenvalue weighted by atomic mass is 10.1. The molecule has 0 saturated carbocycles. The van der Waals surface area contributed by atoms with E-state index in [1.54, 1.807) is 0 Å². The van der Waals surface area contributed by atoms with Crippen LogP contribution >= 0.6 is 0 Å². The molecule has 1 aromatic rings. The lowest BCUT2D eigenvalue weighted by Gasteiger charge is -2.15. The highest BCUT2D eigenvalue weighted by atomic mass is 15.1. The second kappa shape index (κ2) is 7.59. The molecule has 2 N–H and O–H groups in total. The lowest BCUT2D eigenvalue weighted by Crippen LogP contribution is -2.20. The molecule has 1 atom stereocenters. The van der Waals surface area contributed by atoms with E-state index >= 15 is 0 Å². The molecule has 1 aliphatic rings. The molecular formula is C16H29N5. The van der Waals surface area contributed by atoms with E-state index in [0.717, 1.165) is 42.9 Å². The van der Waals surface area contributed by atoms with Crippen molar-refractivity contribution in [1.82, 2.24) is 14.9 Å². The summed E-state index contributed by atoms with van der Waals surface area (Å²) < 4.78 is 0. The van der Waals surface area contributed by atoms with Gasteiger partial charge in [-0.05, 0) is 32.4 Å². The van der Waals surface area contributed by atoms with E-state index in [9.17, 15) is 0 Å². The molecule has 0 radical (unpaired) electrons. The fourth-order valence-electron chi connectivity index (χ4n) is 2.60. The van der Waals surface area contributed by atoms with Crippen LogP contribution in [0.2, 0.25) is 0 Å². The Bertz CT molecular complexity index is 446. The van der Waals surface area contributed by atoms with Crippen molar-refractivity contribution in [3.8, 4) is 0 Å². The van der Waals surface area contributed by atoms with Crippen LogP contribution < -0.4 is 10.6 Å². The Kier molecular flexibility index (Phi) is 5.79. The summed E-state index contributed by atoms with van der Waals surface area (Å²) in [7, 11) is 2.19. The summed E-state index contributed by atoms with van der Waals surface area (Å²) in [6, 6.07) is 2.03. The first kappa shape index (κ1) is 16.0.